The molecule has 0 heterocycles. The molecule has 0 spiro atoms. The molecular formula is C22H64N12O16Pt2-2. The summed E-state index contributed by atoms with van der Waals surface area (Å²) in [5.74, 6) is -1.42. The van der Waals surface area contributed by atoms with E-state index in [1.807, 2.05) is 13.8 Å². The van der Waals surface area contributed by atoms with Crippen molar-refractivity contribution in [1.29, 1.82) is 0 Å². The molecule has 0 bridgehead atoms. The van der Waals surface area contributed by atoms with E-state index in [0.717, 1.165) is 52.1 Å². The SMILES string of the molecule is CCCC(=O)O.CCCC(=O)O.N.N.N.N.NCCCCCCNCCNCCCCCCN.O=[N+]([O-])O.O=[N+]([O-])O.O=[N+]([O-])[O-].O=[N+]([O-])[O-].[Pt].[Pt]. The van der Waals surface area contributed by atoms with Crippen molar-refractivity contribution in [2.45, 2.75) is 90.9 Å². The molecule has 0 amide bonds. The average molecular weight is 1140 g/mol. The first-order valence-electron chi connectivity index (χ1n) is 13.9. The number of aliphatic carboxylic acids is 2. The Balaban J connectivity index is -0.0000000343. The van der Waals surface area contributed by atoms with Crippen LogP contribution in [0.25, 0.3) is 0 Å². The minimum absolute atomic E-state index is 0. The van der Waals surface area contributed by atoms with E-state index in [2.05, 4.69) is 10.6 Å². The number of nitrogens with two attached hydrogens (primary N) is 2. The van der Waals surface area contributed by atoms with Crippen molar-refractivity contribution in [3.05, 3.63) is 50.9 Å². The van der Waals surface area contributed by atoms with Crippen molar-refractivity contribution in [2.75, 3.05) is 39.3 Å². The maximum Gasteiger partial charge on any atom is 0.303 e. The van der Waals surface area contributed by atoms with E-state index in [4.69, 9.17) is 83.0 Å². The van der Waals surface area contributed by atoms with Crippen LogP contribution in [0.5, 0.6) is 0 Å². The minimum Gasteiger partial charge on any atom is -0.481 e. The van der Waals surface area contributed by atoms with Crippen LogP contribution in [0.3, 0.4) is 0 Å². The molecule has 0 aromatic heterocycles. The Morgan fingerprint density at radius 2 is 0.712 bits per heavy atom. The maximum atomic E-state index is 9.60. The average Bonchev–Trinajstić information content (AvgIpc) is 2.88. The summed E-state index contributed by atoms with van der Waals surface area (Å²) < 4.78 is 0. The zero-order valence-electron chi connectivity index (χ0n) is 29.8. The molecular weight excluding hydrogens is 1080 g/mol. The van der Waals surface area contributed by atoms with E-state index in [0.29, 0.717) is 12.8 Å². The molecule has 0 fully saturated rings. The third-order valence-corrected chi connectivity index (χ3v) is 4.02. The molecule has 330 valence electrons. The van der Waals surface area contributed by atoms with Gasteiger partial charge >= 0.3 is 11.9 Å². The number of hydrogen-bond donors (Lipinski definition) is 12. The third-order valence-electron chi connectivity index (χ3n) is 4.02. The second kappa shape index (κ2) is 86.4. The summed E-state index contributed by atoms with van der Waals surface area (Å²) in [6.07, 6.45) is 12.1. The molecule has 0 aliphatic carbocycles. The monoisotopic (exact) mass is 1140 g/mol. The van der Waals surface area contributed by atoms with E-state index in [1.54, 1.807) is 0 Å². The van der Waals surface area contributed by atoms with Crippen LogP contribution < -0.4 is 46.7 Å². The Morgan fingerprint density at radius 3 is 0.846 bits per heavy atom. The van der Waals surface area contributed by atoms with Gasteiger partial charge in [-0.3, -0.25) is 9.59 Å². The van der Waals surface area contributed by atoms with Gasteiger partial charge in [0.25, 0.3) is 10.2 Å². The predicted molar refractivity (Wildman–Crippen MR) is 184 cm³/mol. The van der Waals surface area contributed by atoms with E-state index in [-0.39, 0.29) is 66.7 Å². The molecule has 28 nitrogen and oxygen atoms in total. The molecule has 30 heteroatoms. The number of unbranched alkanes of at least 4 members (excludes halogenated alkanes) is 6. The van der Waals surface area contributed by atoms with Gasteiger partial charge in [-0.1, -0.05) is 39.5 Å². The third kappa shape index (κ3) is 310. The predicted octanol–water partition coefficient (Wildman–Crippen LogP) is 2.42. The second-order valence-corrected chi connectivity index (χ2v) is 8.12. The number of carboxylic acids is 2. The van der Waals surface area contributed by atoms with E-state index in [1.165, 1.54) is 51.4 Å². The number of nitrogens with zero attached hydrogens (tertiary/aromatic N) is 4. The summed E-state index contributed by atoms with van der Waals surface area (Å²) >= 11 is 0. The van der Waals surface area contributed by atoms with E-state index < -0.39 is 32.3 Å². The maximum absolute atomic E-state index is 9.60. The van der Waals surface area contributed by atoms with Gasteiger partial charge in [-0.2, -0.15) is 0 Å². The van der Waals surface area contributed by atoms with Crippen LogP contribution in [0, 0.1) is 50.9 Å². The zero-order valence-corrected chi connectivity index (χ0v) is 34.4. The van der Waals surface area contributed by atoms with Gasteiger partial charge in [0, 0.05) is 68.1 Å². The summed E-state index contributed by atoms with van der Waals surface area (Å²) in [6.45, 7) is 9.80. The first-order chi connectivity index (χ1) is 21.4. The van der Waals surface area contributed by atoms with Crippen molar-refractivity contribution in [3.8, 4) is 0 Å². The molecule has 22 N–H and O–H groups in total. The van der Waals surface area contributed by atoms with Gasteiger partial charge in [0.15, 0.2) is 0 Å². The van der Waals surface area contributed by atoms with Gasteiger partial charge in [-0.15, -0.1) is 20.2 Å². The summed E-state index contributed by atoms with van der Waals surface area (Å²) in [5, 5.41) is 79.5. The number of carbonyl (C=O) groups is 2. The summed E-state index contributed by atoms with van der Waals surface area (Å²) in [4.78, 5) is 52.4. The van der Waals surface area contributed by atoms with Crippen molar-refractivity contribution >= 4 is 11.9 Å². The van der Waals surface area contributed by atoms with Gasteiger partial charge in [0.05, 0.1) is 10.2 Å². The first kappa shape index (κ1) is 87.0. The van der Waals surface area contributed by atoms with Crippen LogP contribution in [0.2, 0.25) is 0 Å². The van der Waals surface area contributed by atoms with Gasteiger partial charge in [-0.25, -0.2) is 0 Å². The molecule has 0 atom stereocenters. The fourth-order valence-electron chi connectivity index (χ4n) is 2.35. The molecule has 0 aromatic carbocycles. The van der Waals surface area contributed by atoms with E-state index in [9.17, 15) is 9.59 Å². The molecule has 0 rings (SSSR count). The Bertz CT molecular complexity index is 620. The van der Waals surface area contributed by atoms with Crippen molar-refractivity contribution in [1.82, 2.24) is 35.2 Å². The van der Waals surface area contributed by atoms with Crippen LogP contribution in [-0.4, -0.2) is 92.2 Å². The van der Waals surface area contributed by atoms with Crippen LogP contribution in [0.15, 0.2) is 0 Å². The fourth-order valence-corrected chi connectivity index (χ4v) is 2.35. The van der Waals surface area contributed by atoms with Crippen LogP contribution in [-0.2, 0) is 51.7 Å². The fraction of sp³-hybridized carbons (Fsp3) is 0.909. The standard InChI is InChI=1S/C14H34N4.2C4H8O2.2HNO3.2NO3.4H3N.2Pt/c15-9-5-1-3-7-11-17-13-14-18-12-8-4-2-6-10-16;2*1-2-3-4(5)6;4*2-1(3)4;;;;;;/h17-18H,1-16H2;2*2-3H2,1H3,(H,5,6);2*(H,2,3,4);;;4*1H3;;/q;;;;;2*-1;;;;;;. The zero-order chi connectivity index (χ0) is 37.6. The van der Waals surface area contributed by atoms with Crippen molar-refractivity contribution < 1.29 is 92.7 Å². The second-order valence-electron chi connectivity index (χ2n) is 8.12. The summed E-state index contributed by atoms with van der Waals surface area (Å²) in [7, 11) is 0. The Labute approximate surface area is 331 Å². The van der Waals surface area contributed by atoms with Gasteiger partial charge in [0.1, 0.15) is 0 Å². The molecule has 0 saturated heterocycles. The topological polar surface area (TPSA) is 550 Å². The molecule has 52 heavy (non-hydrogen) atoms. The van der Waals surface area contributed by atoms with Gasteiger partial charge < -0.3 is 98.0 Å². The Hall–Kier alpha value is -3.20. The van der Waals surface area contributed by atoms with Crippen LogP contribution in [0.1, 0.15) is 90.9 Å². The molecule has 0 saturated carbocycles. The van der Waals surface area contributed by atoms with Crippen molar-refractivity contribution in [2.24, 2.45) is 11.5 Å². The molecule has 0 aliphatic rings. The van der Waals surface area contributed by atoms with Gasteiger partial charge in [0.2, 0.25) is 0 Å². The van der Waals surface area contributed by atoms with Crippen LogP contribution in [0.4, 0.5) is 0 Å². The summed E-state index contributed by atoms with van der Waals surface area (Å²) in [6, 6.07) is 0. The Morgan fingerprint density at radius 1 is 0.519 bits per heavy atom. The van der Waals surface area contributed by atoms with Crippen LogP contribution >= 0.6 is 0 Å². The number of carboxylic acid groups (broad SMARTS) is 2. The quantitative estimate of drug-likeness (QED) is 0.0502. The number of rotatable bonds is 19. The summed E-state index contributed by atoms with van der Waals surface area (Å²) in [5.41, 5.74) is 10.9. The molecule has 0 aromatic rings. The first-order valence-corrected chi connectivity index (χ1v) is 13.9. The molecule has 0 aliphatic heterocycles. The largest absolute Gasteiger partial charge is 0.481 e. The smallest absolute Gasteiger partial charge is 0.303 e. The van der Waals surface area contributed by atoms with Crippen molar-refractivity contribution in [3.63, 3.8) is 0 Å². The molecule has 0 radical (unpaired) electrons. The van der Waals surface area contributed by atoms with E-state index >= 15 is 0 Å². The normalized spacial score (nSPS) is 7.54. The molecule has 0 unspecified atom stereocenters. The minimum atomic E-state index is -1.75. The number of nitrogens with one attached hydrogen (secondary N) is 2. The number of hydrogen-bond acceptors (Lipinski definition) is 20. The Kier molecular flexibility index (Phi) is 145. The van der Waals surface area contributed by atoms with Gasteiger partial charge in [-0.05, 0) is 64.7 Å².